The Morgan fingerprint density at radius 1 is 0.688 bits per heavy atom. The number of hydrogen-bond acceptors (Lipinski definition) is 2. The van der Waals surface area contributed by atoms with Crippen LogP contribution in [0.25, 0.3) is 16.6 Å². The number of hydrogen-bond donors (Lipinski definition) is 0. The Labute approximate surface area is 188 Å². The second kappa shape index (κ2) is 8.53. The van der Waals surface area contributed by atoms with Crippen LogP contribution in [-0.4, -0.2) is 9.55 Å². The van der Waals surface area contributed by atoms with Gasteiger partial charge in [0.1, 0.15) is 5.82 Å². The molecule has 5 rings (SSSR count). The van der Waals surface area contributed by atoms with Gasteiger partial charge in [-0.15, -0.1) is 0 Å². The van der Waals surface area contributed by atoms with Crippen molar-refractivity contribution in [2.45, 2.75) is 13.8 Å². The molecule has 0 amide bonds. The average Bonchev–Trinajstić information content (AvgIpc) is 2.82. The molecule has 0 aliphatic carbocycles. The van der Waals surface area contributed by atoms with Gasteiger partial charge in [0.25, 0.3) is 5.56 Å². The maximum Gasteiger partial charge on any atom is 0.265 e. The van der Waals surface area contributed by atoms with Crippen molar-refractivity contribution in [3.05, 3.63) is 125 Å². The summed E-state index contributed by atoms with van der Waals surface area (Å²) in [6, 6.07) is 35.0. The van der Waals surface area contributed by atoms with Crippen LogP contribution in [0.4, 0.5) is 0 Å². The maximum absolute atomic E-state index is 13.7. The monoisotopic (exact) mass is 434 g/mol. The van der Waals surface area contributed by atoms with E-state index in [0.717, 1.165) is 22.1 Å². The average molecular weight is 434 g/mol. The summed E-state index contributed by atoms with van der Waals surface area (Å²) in [4.78, 5) is 18.4. The molecule has 32 heavy (non-hydrogen) atoms. The molecule has 0 spiro atoms. The van der Waals surface area contributed by atoms with Gasteiger partial charge in [-0.25, -0.2) is 4.98 Å². The largest absolute Gasteiger partial charge is 0.268 e. The second-order valence-corrected chi connectivity index (χ2v) is 9.95. The van der Waals surface area contributed by atoms with Gasteiger partial charge in [-0.05, 0) is 50.1 Å². The Kier molecular flexibility index (Phi) is 5.43. The molecule has 0 aliphatic rings. The molecular weight excluding hydrogens is 411 g/mol. The first-order valence-electron chi connectivity index (χ1n) is 10.6. The van der Waals surface area contributed by atoms with Crippen molar-refractivity contribution in [2.24, 2.45) is 0 Å². The lowest BCUT2D eigenvalue weighted by Gasteiger charge is -2.25. The molecule has 0 unspecified atom stereocenters. The van der Waals surface area contributed by atoms with Crippen LogP contribution in [0.2, 0.25) is 0 Å². The third-order valence-corrected chi connectivity index (χ3v) is 8.12. The Morgan fingerprint density at radius 3 is 1.94 bits per heavy atom. The van der Waals surface area contributed by atoms with E-state index in [-0.39, 0.29) is 5.56 Å². The number of aromatic nitrogens is 2. The number of aryl methyl sites for hydroxylation is 2. The van der Waals surface area contributed by atoms with Crippen LogP contribution in [0.5, 0.6) is 0 Å². The van der Waals surface area contributed by atoms with Crippen molar-refractivity contribution >= 4 is 34.7 Å². The molecule has 1 heterocycles. The highest BCUT2D eigenvalue weighted by Crippen LogP contribution is 2.36. The Balaban J connectivity index is 1.84. The van der Waals surface area contributed by atoms with Crippen LogP contribution >= 0.6 is 7.92 Å². The summed E-state index contributed by atoms with van der Waals surface area (Å²) < 4.78 is 1.80. The minimum absolute atomic E-state index is 0.0280. The van der Waals surface area contributed by atoms with E-state index in [1.165, 1.54) is 10.6 Å². The summed E-state index contributed by atoms with van der Waals surface area (Å²) in [5, 5.41) is 4.29. The predicted molar refractivity (Wildman–Crippen MR) is 136 cm³/mol. The second-order valence-electron chi connectivity index (χ2n) is 7.77. The summed E-state index contributed by atoms with van der Waals surface area (Å²) in [5.41, 5.74) is 2.70. The number of benzene rings is 4. The predicted octanol–water partition coefficient (Wildman–Crippen LogP) is 4.76. The molecule has 0 saturated heterocycles. The normalized spacial score (nSPS) is 11.2. The van der Waals surface area contributed by atoms with Crippen molar-refractivity contribution < 1.29 is 0 Å². The lowest BCUT2D eigenvalue weighted by molar-refractivity contribution is 0.892. The number of rotatable bonds is 4. The highest BCUT2D eigenvalue weighted by molar-refractivity contribution is 7.80. The zero-order valence-electron chi connectivity index (χ0n) is 18.1. The van der Waals surface area contributed by atoms with Crippen LogP contribution in [0.3, 0.4) is 0 Å². The fourth-order valence-electron chi connectivity index (χ4n) is 4.20. The summed E-state index contributed by atoms with van der Waals surface area (Å²) in [7, 11) is -0.862. The number of para-hydroxylation sites is 2. The number of nitrogens with zero attached hydrogens (tertiary/aromatic N) is 2. The fraction of sp³-hybridized carbons (Fsp3) is 0.0714. The van der Waals surface area contributed by atoms with Gasteiger partial charge in [-0.1, -0.05) is 91.0 Å². The van der Waals surface area contributed by atoms with Gasteiger partial charge in [-0.2, -0.15) is 0 Å². The molecule has 4 heteroatoms. The molecule has 0 fully saturated rings. The minimum Gasteiger partial charge on any atom is -0.268 e. The van der Waals surface area contributed by atoms with E-state index in [0.29, 0.717) is 11.2 Å². The molecule has 1 aromatic heterocycles. The molecule has 3 nitrogen and oxygen atoms in total. The van der Waals surface area contributed by atoms with E-state index in [4.69, 9.17) is 4.98 Å². The van der Waals surface area contributed by atoms with Gasteiger partial charge < -0.3 is 0 Å². The third-order valence-electron chi connectivity index (χ3n) is 5.65. The lowest BCUT2D eigenvalue weighted by Crippen LogP contribution is -2.30. The summed E-state index contributed by atoms with van der Waals surface area (Å²) in [5.74, 6) is 0.695. The quantitative estimate of drug-likeness (QED) is 0.382. The number of fused-ring (bicyclic) bond motifs is 1. The van der Waals surface area contributed by atoms with Crippen molar-refractivity contribution in [1.29, 1.82) is 0 Å². The van der Waals surface area contributed by atoms with E-state index < -0.39 is 7.92 Å². The Hall–Kier alpha value is -3.55. The molecule has 0 bridgehead atoms. The first-order chi connectivity index (χ1) is 15.6. The van der Waals surface area contributed by atoms with Gasteiger partial charge in [0.2, 0.25) is 0 Å². The first kappa shape index (κ1) is 20.4. The van der Waals surface area contributed by atoms with E-state index in [9.17, 15) is 4.79 Å². The Bertz CT molecular complexity index is 1420. The Morgan fingerprint density at radius 2 is 1.28 bits per heavy atom. The third kappa shape index (κ3) is 3.55. The van der Waals surface area contributed by atoms with Gasteiger partial charge in [0.15, 0.2) is 0 Å². The van der Waals surface area contributed by atoms with Crippen molar-refractivity contribution in [3.63, 3.8) is 0 Å². The first-order valence-corrected chi connectivity index (χ1v) is 12.0. The van der Waals surface area contributed by atoms with Gasteiger partial charge in [-0.3, -0.25) is 9.36 Å². The van der Waals surface area contributed by atoms with E-state index in [2.05, 4.69) is 73.7 Å². The lowest BCUT2D eigenvalue weighted by atomic mass is 10.1. The molecular formula is C28H23N2OP. The molecule has 0 atom stereocenters. The molecule has 156 valence electrons. The molecule has 0 aliphatic heterocycles. The van der Waals surface area contributed by atoms with Crippen LogP contribution < -0.4 is 21.5 Å². The van der Waals surface area contributed by atoms with Gasteiger partial charge in [0, 0.05) is 5.30 Å². The van der Waals surface area contributed by atoms with E-state index in [1.54, 1.807) is 4.57 Å². The summed E-state index contributed by atoms with van der Waals surface area (Å²) >= 11 is 0. The molecule has 0 N–H and O–H groups in total. The summed E-state index contributed by atoms with van der Waals surface area (Å²) in [6.45, 7) is 3.99. The maximum atomic E-state index is 13.7. The summed E-state index contributed by atoms with van der Waals surface area (Å²) in [6.07, 6.45) is 0. The van der Waals surface area contributed by atoms with Gasteiger partial charge in [0.05, 0.1) is 16.6 Å². The van der Waals surface area contributed by atoms with Crippen molar-refractivity contribution in [1.82, 2.24) is 9.55 Å². The standard InChI is InChI=1S/C28H23N2OP/c1-20-12-11-19-26(32(22-13-5-3-6-14-22)23-15-7-4-8-16-23)27(20)30-21(2)29-25-18-10-9-17-24(25)28(30)31/h3-19H,1-2H3. The minimum atomic E-state index is -0.862. The smallest absolute Gasteiger partial charge is 0.265 e. The van der Waals surface area contributed by atoms with E-state index in [1.807, 2.05) is 43.3 Å². The van der Waals surface area contributed by atoms with Crippen LogP contribution in [0.15, 0.2) is 108 Å². The van der Waals surface area contributed by atoms with Crippen LogP contribution in [0.1, 0.15) is 11.4 Å². The zero-order valence-corrected chi connectivity index (χ0v) is 19.0. The topological polar surface area (TPSA) is 34.9 Å². The highest BCUT2D eigenvalue weighted by atomic mass is 31.1. The fourth-order valence-corrected chi connectivity index (χ4v) is 6.72. The molecule has 4 aromatic carbocycles. The van der Waals surface area contributed by atoms with Crippen molar-refractivity contribution in [2.75, 3.05) is 0 Å². The SMILES string of the molecule is Cc1cccc(P(c2ccccc2)c2ccccc2)c1-n1c(C)nc2ccccc2c1=O. The van der Waals surface area contributed by atoms with Crippen molar-refractivity contribution in [3.8, 4) is 5.69 Å². The molecule has 5 aromatic rings. The van der Waals surface area contributed by atoms with Crippen LogP contribution in [-0.2, 0) is 0 Å². The zero-order chi connectivity index (χ0) is 22.1. The highest BCUT2D eigenvalue weighted by Gasteiger charge is 2.23. The van der Waals surface area contributed by atoms with E-state index >= 15 is 0 Å². The van der Waals surface area contributed by atoms with Crippen LogP contribution in [0, 0.1) is 13.8 Å². The molecule has 0 radical (unpaired) electrons. The molecule has 0 saturated carbocycles. The van der Waals surface area contributed by atoms with Gasteiger partial charge >= 0.3 is 0 Å².